The third-order valence-corrected chi connectivity index (χ3v) is 5.08. The second kappa shape index (κ2) is 27.7. The number of carbonyl (C=O) groups is 2. The summed E-state index contributed by atoms with van der Waals surface area (Å²) in [5, 5.41) is 11.5. The van der Waals surface area contributed by atoms with Gasteiger partial charge in [-0.1, -0.05) is 51.4 Å². The molecule has 0 unspecified atom stereocenters. The van der Waals surface area contributed by atoms with Crippen LogP contribution in [0.25, 0.3) is 0 Å². The van der Waals surface area contributed by atoms with Crippen molar-refractivity contribution in [2.75, 3.05) is 59.4 Å². The molecule has 1 amide bonds. The summed E-state index contributed by atoms with van der Waals surface area (Å²) in [4.78, 5) is 32.2. The van der Waals surface area contributed by atoms with Gasteiger partial charge in [-0.2, -0.15) is 0 Å². The molecule has 2 N–H and O–H groups in total. The number of hydrogen-bond acceptors (Lipinski definition) is 7. The summed E-state index contributed by atoms with van der Waals surface area (Å²) < 4.78 is 21.3. The van der Waals surface area contributed by atoms with Crippen LogP contribution < -0.4 is 5.32 Å². The number of carbonyl (C=O) groups excluding carboxylic acids is 2. The zero-order valence-corrected chi connectivity index (χ0v) is 20.9. The smallest absolute Gasteiger partial charge is 0.303 e. The van der Waals surface area contributed by atoms with Crippen LogP contribution in [0.3, 0.4) is 0 Å². The summed E-state index contributed by atoms with van der Waals surface area (Å²) in [5.74, 6) is -0.625. The van der Waals surface area contributed by atoms with Gasteiger partial charge in [-0.25, -0.2) is 0 Å². The first-order valence-corrected chi connectivity index (χ1v) is 12.8. The molecule has 199 valence electrons. The first-order chi connectivity index (χ1) is 16.7. The van der Waals surface area contributed by atoms with Crippen LogP contribution in [-0.4, -0.2) is 82.7 Å². The molecular weight excluding hydrogens is 442 g/mol. The molecule has 0 aromatic rings. The molecule has 34 heavy (non-hydrogen) atoms. The van der Waals surface area contributed by atoms with Gasteiger partial charge in [-0.3, -0.25) is 14.4 Å². The Hall–Kier alpha value is -1.55. The molecule has 0 spiro atoms. The molecule has 9 heteroatoms. The van der Waals surface area contributed by atoms with Gasteiger partial charge in [-0.05, 0) is 12.8 Å². The average Bonchev–Trinajstić information content (AvgIpc) is 2.82. The van der Waals surface area contributed by atoms with Crippen molar-refractivity contribution in [3.8, 4) is 0 Å². The number of nitrogens with one attached hydrogen (secondary N) is 1. The van der Waals surface area contributed by atoms with Gasteiger partial charge in [0.2, 0.25) is 12.2 Å². The molecule has 0 aliphatic carbocycles. The fourth-order valence-corrected chi connectivity index (χ4v) is 3.20. The van der Waals surface area contributed by atoms with Crippen LogP contribution in [0.15, 0.2) is 0 Å². The second-order valence-electron chi connectivity index (χ2n) is 8.12. The number of carboxylic acid groups (broad SMARTS) is 1. The van der Waals surface area contributed by atoms with E-state index >= 15 is 0 Å². The lowest BCUT2D eigenvalue weighted by Crippen LogP contribution is -2.27. The predicted octanol–water partition coefficient (Wildman–Crippen LogP) is 3.43. The lowest BCUT2D eigenvalue weighted by atomic mass is 10.1. The molecule has 9 nitrogen and oxygen atoms in total. The van der Waals surface area contributed by atoms with Crippen LogP contribution in [0, 0.1) is 0 Å². The third kappa shape index (κ3) is 28.5. The lowest BCUT2D eigenvalue weighted by Gasteiger charge is -2.08. The van der Waals surface area contributed by atoms with E-state index in [1.807, 2.05) is 0 Å². The topological polar surface area (TPSA) is 120 Å². The Balaban J connectivity index is 3.16. The van der Waals surface area contributed by atoms with Crippen LogP contribution in [0.5, 0.6) is 0 Å². The molecule has 0 aliphatic rings. The predicted molar refractivity (Wildman–Crippen MR) is 130 cm³/mol. The molecule has 0 aromatic heterocycles. The molecule has 0 saturated carbocycles. The van der Waals surface area contributed by atoms with E-state index in [4.69, 9.17) is 24.1 Å². The summed E-state index contributed by atoms with van der Waals surface area (Å²) in [7, 11) is 0. The maximum absolute atomic E-state index is 11.8. The Labute approximate surface area is 205 Å². The van der Waals surface area contributed by atoms with Crippen molar-refractivity contribution in [3.63, 3.8) is 0 Å². The van der Waals surface area contributed by atoms with Gasteiger partial charge in [-0.15, -0.1) is 0 Å². The Bertz CT molecular complexity index is 476. The minimum absolute atomic E-state index is 0.0756. The summed E-state index contributed by atoms with van der Waals surface area (Å²) >= 11 is 0. The SMILES string of the molecule is O=[C]CCOCCOCCOCCOCCNC(=O)CCCCCCCCCCCCC(=O)O. The minimum Gasteiger partial charge on any atom is -0.481 e. The normalized spacial score (nSPS) is 10.9. The van der Waals surface area contributed by atoms with Crippen molar-refractivity contribution in [1.29, 1.82) is 0 Å². The first-order valence-electron chi connectivity index (χ1n) is 12.8. The zero-order chi connectivity index (χ0) is 25.0. The number of aliphatic carboxylic acids is 1. The zero-order valence-electron chi connectivity index (χ0n) is 20.9. The largest absolute Gasteiger partial charge is 0.481 e. The van der Waals surface area contributed by atoms with Crippen LogP contribution in [0.1, 0.15) is 83.5 Å². The van der Waals surface area contributed by atoms with Gasteiger partial charge in [0, 0.05) is 25.8 Å². The third-order valence-electron chi connectivity index (χ3n) is 5.08. The van der Waals surface area contributed by atoms with E-state index in [1.165, 1.54) is 25.7 Å². The minimum atomic E-state index is -0.701. The highest BCUT2D eigenvalue weighted by Crippen LogP contribution is 2.12. The fourth-order valence-electron chi connectivity index (χ4n) is 3.20. The Morgan fingerprint density at radius 2 is 1.00 bits per heavy atom. The molecule has 1 radical (unpaired) electrons. The highest BCUT2D eigenvalue weighted by molar-refractivity contribution is 5.75. The van der Waals surface area contributed by atoms with Crippen LogP contribution in [0.2, 0.25) is 0 Å². The van der Waals surface area contributed by atoms with Crippen molar-refractivity contribution >= 4 is 18.2 Å². The van der Waals surface area contributed by atoms with E-state index in [-0.39, 0.29) is 18.7 Å². The molecule has 0 saturated heterocycles. The number of hydrogen-bond donors (Lipinski definition) is 2. The molecular formula is C25H46NO8. The van der Waals surface area contributed by atoms with Gasteiger partial charge in [0.1, 0.15) is 0 Å². The van der Waals surface area contributed by atoms with Gasteiger partial charge in [0.15, 0.2) is 0 Å². The summed E-state index contributed by atoms with van der Waals surface area (Å²) in [6, 6.07) is 0. The molecule has 0 aliphatic heterocycles. The van der Waals surface area contributed by atoms with Crippen LogP contribution >= 0.6 is 0 Å². The highest BCUT2D eigenvalue weighted by Gasteiger charge is 2.01. The molecule has 0 rings (SSSR count). The number of amides is 1. The number of carboxylic acids is 1. The number of rotatable bonds is 28. The summed E-state index contributed by atoms with van der Waals surface area (Å²) in [6.07, 6.45) is 13.8. The van der Waals surface area contributed by atoms with Gasteiger partial charge >= 0.3 is 5.97 Å². The Morgan fingerprint density at radius 3 is 1.47 bits per heavy atom. The average molecular weight is 489 g/mol. The van der Waals surface area contributed by atoms with E-state index in [0.717, 1.165) is 38.5 Å². The Morgan fingerprint density at radius 1 is 0.588 bits per heavy atom. The van der Waals surface area contributed by atoms with Crippen molar-refractivity contribution in [2.45, 2.75) is 83.5 Å². The standard InChI is InChI=1S/C25H46NO8/c27-15-11-16-31-18-20-33-22-23-34-21-19-32-17-14-26-24(28)12-9-7-5-3-1-2-4-6-8-10-13-25(29)30/h1-14,16-23H2,(H,26,28)(H,29,30). The first kappa shape index (κ1) is 32.5. The monoisotopic (exact) mass is 488 g/mol. The number of ether oxygens (including phenoxy) is 4. The summed E-state index contributed by atoms with van der Waals surface area (Å²) in [6.45, 7) is 4.20. The van der Waals surface area contributed by atoms with Crippen LogP contribution in [-0.2, 0) is 33.3 Å². The van der Waals surface area contributed by atoms with Gasteiger partial charge < -0.3 is 29.4 Å². The van der Waals surface area contributed by atoms with Gasteiger partial charge in [0.25, 0.3) is 0 Å². The maximum Gasteiger partial charge on any atom is 0.303 e. The second-order valence-corrected chi connectivity index (χ2v) is 8.12. The quantitative estimate of drug-likeness (QED) is 0.161. The van der Waals surface area contributed by atoms with E-state index in [1.54, 1.807) is 6.29 Å². The van der Waals surface area contributed by atoms with Crippen LogP contribution in [0.4, 0.5) is 0 Å². The maximum atomic E-state index is 11.8. The van der Waals surface area contributed by atoms with Crippen molar-refractivity contribution in [1.82, 2.24) is 5.32 Å². The molecule has 0 aromatic carbocycles. The van der Waals surface area contributed by atoms with E-state index in [9.17, 15) is 14.4 Å². The van der Waals surface area contributed by atoms with E-state index in [0.29, 0.717) is 65.8 Å². The lowest BCUT2D eigenvalue weighted by molar-refractivity contribution is -0.137. The van der Waals surface area contributed by atoms with Gasteiger partial charge in [0.05, 0.1) is 52.9 Å². The van der Waals surface area contributed by atoms with Crippen molar-refractivity contribution in [2.24, 2.45) is 0 Å². The summed E-state index contributed by atoms with van der Waals surface area (Å²) in [5.41, 5.74) is 0. The molecule has 0 atom stereocenters. The fraction of sp³-hybridized carbons (Fsp3) is 0.880. The van der Waals surface area contributed by atoms with E-state index in [2.05, 4.69) is 5.32 Å². The van der Waals surface area contributed by atoms with E-state index < -0.39 is 5.97 Å². The van der Waals surface area contributed by atoms with Crippen molar-refractivity contribution < 1.29 is 38.4 Å². The Kier molecular flexibility index (Phi) is 26.4. The molecule has 0 heterocycles. The molecule has 0 bridgehead atoms. The van der Waals surface area contributed by atoms with Crippen molar-refractivity contribution in [3.05, 3.63) is 0 Å². The highest BCUT2D eigenvalue weighted by atomic mass is 16.6. The molecule has 0 fully saturated rings. The number of unbranched alkanes of at least 4 members (excludes halogenated alkanes) is 9.